The number of anilines is 2. The highest BCUT2D eigenvalue weighted by molar-refractivity contribution is 7.97. The predicted octanol–water partition coefficient (Wildman–Crippen LogP) is 3.96. The molecule has 1 unspecified atom stereocenters. The van der Waals surface area contributed by atoms with Gasteiger partial charge in [-0.15, -0.1) is 0 Å². The van der Waals surface area contributed by atoms with Gasteiger partial charge in [0.05, 0.1) is 19.3 Å². The van der Waals surface area contributed by atoms with Gasteiger partial charge in [-0.25, -0.2) is 18.2 Å². The van der Waals surface area contributed by atoms with Crippen molar-refractivity contribution in [3.8, 4) is 5.75 Å². The summed E-state index contributed by atoms with van der Waals surface area (Å²) in [6.45, 7) is 2.01. The van der Waals surface area contributed by atoms with Crippen LogP contribution in [-0.2, 0) is 14.3 Å². The molecule has 1 amide bonds. The Balaban J connectivity index is 0.00000167. The van der Waals surface area contributed by atoms with Crippen molar-refractivity contribution in [1.29, 1.82) is 0 Å². The molecule has 1 spiro atoms. The minimum Gasteiger partial charge on any atom is -0.491 e. The fraction of sp³-hybridized carbons (Fsp3) is 0.455. The number of rotatable bonds is 5. The molecule has 2 aliphatic rings. The monoisotopic (exact) mass is 518 g/mol. The Morgan fingerprint density at radius 2 is 1.94 bits per heavy atom. The normalized spacial score (nSPS) is 20.2. The van der Waals surface area contributed by atoms with Gasteiger partial charge in [-0.05, 0) is 36.2 Å². The van der Waals surface area contributed by atoms with E-state index in [9.17, 15) is 22.4 Å². The molecular weight excluding hydrogens is 492 g/mol. The highest BCUT2D eigenvalue weighted by atomic mass is 32.2. The maximum atomic E-state index is 14.4. The first-order valence-electron chi connectivity index (χ1n) is 10.7. The van der Waals surface area contributed by atoms with Crippen LogP contribution in [0.15, 0.2) is 35.5 Å². The van der Waals surface area contributed by atoms with Crippen molar-refractivity contribution in [3.05, 3.63) is 42.1 Å². The van der Waals surface area contributed by atoms with Gasteiger partial charge in [0.2, 0.25) is 11.7 Å². The molecule has 1 aromatic carbocycles. The zero-order chi connectivity index (χ0) is 25.8. The number of aromatic nitrogens is 1. The smallest absolute Gasteiger partial charge is 0.293 e. The fourth-order valence-corrected chi connectivity index (χ4v) is 4.13. The summed E-state index contributed by atoms with van der Waals surface area (Å²) in [4.78, 5) is 18.6. The number of halogens is 4. The molecule has 3 heterocycles. The van der Waals surface area contributed by atoms with Crippen molar-refractivity contribution >= 4 is 29.2 Å². The molecule has 2 aromatic rings. The fourth-order valence-electron chi connectivity index (χ4n) is 3.81. The minimum absolute atomic E-state index is 0.0471. The summed E-state index contributed by atoms with van der Waals surface area (Å²) in [6.07, 6.45) is 1.31. The first kappa shape index (κ1) is 27.0. The van der Waals surface area contributed by atoms with Crippen LogP contribution in [0.2, 0.25) is 0 Å². The van der Waals surface area contributed by atoms with Crippen molar-refractivity contribution in [2.45, 2.75) is 43.0 Å². The Morgan fingerprint density at radius 3 is 2.57 bits per heavy atom. The Labute approximate surface area is 204 Å². The van der Waals surface area contributed by atoms with E-state index in [-0.39, 0.29) is 18.7 Å². The average Bonchev–Trinajstić information content (AvgIpc) is 3.24. The second-order valence-electron chi connectivity index (χ2n) is 7.60. The third-order valence-corrected chi connectivity index (χ3v) is 5.82. The Morgan fingerprint density at radius 1 is 1.26 bits per heavy atom. The van der Waals surface area contributed by atoms with Crippen molar-refractivity contribution in [2.75, 3.05) is 37.1 Å². The van der Waals surface area contributed by atoms with E-state index in [1.54, 1.807) is 12.1 Å². The van der Waals surface area contributed by atoms with Gasteiger partial charge in [0.1, 0.15) is 24.3 Å². The number of hydrogen-bond donors (Lipinski definition) is 2. The van der Waals surface area contributed by atoms with Gasteiger partial charge < -0.3 is 24.4 Å². The first-order chi connectivity index (χ1) is 16.7. The van der Waals surface area contributed by atoms with Crippen LogP contribution in [0.25, 0.3) is 0 Å². The standard InChI is InChI=1S/C20H20F4N4O4S.C2H6/c1-30-17-13(3-2-12(21)16(17)22)28-8-20(31-9-19(23,24)10-32-20)7-14(28)18(29)27-11-4-5-26-15(6-11)33-25;1-2/h2-6,14H,7-10,25H2,1H3,(H,26,27,29);1-2H3. The molecule has 0 bridgehead atoms. The number of alkyl halides is 2. The third kappa shape index (κ3) is 5.80. The quantitative estimate of drug-likeness (QED) is 0.454. The molecule has 192 valence electrons. The van der Waals surface area contributed by atoms with Gasteiger partial charge in [0.15, 0.2) is 17.4 Å². The molecule has 13 heteroatoms. The lowest BCUT2D eigenvalue weighted by Crippen LogP contribution is -2.51. The first-order valence-corrected chi connectivity index (χ1v) is 11.6. The molecule has 8 nitrogen and oxygen atoms in total. The van der Waals surface area contributed by atoms with Crippen LogP contribution in [0.1, 0.15) is 20.3 Å². The molecule has 35 heavy (non-hydrogen) atoms. The lowest BCUT2D eigenvalue weighted by atomic mass is 10.1. The molecule has 2 saturated heterocycles. The van der Waals surface area contributed by atoms with Gasteiger partial charge in [0.25, 0.3) is 5.92 Å². The van der Waals surface area contributed by atoms with Gasteiger partial charge in [-0.2, -0.15) is 4.39 Å². The molecule has 0 aliphatic carbocycles. The number of hydrogen-bond acceptors (Lipinski definition) is 8. The molecule has 2 aliphatic heterocycles. The summed E-state index contributed by atoms with van der Waals surface area (Å²) < 4.78 is 71.2. The number of nitrogens with one attached hydrogen (secondary N) is 1. The number of ether oxygens (including phenoxy) is 3. The third-order valence-electron chi connectivity index (χ3n) is 5.35. The van der Waals surface area contributed by atoms with E-state index in [1.165, 1.54) is 17.2 Å². The number of methoxy groups -OCH3 is 1. The van der Waals surface area contributed by atoms with Crippen LogP contribution in [0.4, 0.5) is 28.9 Å². The summed E-state index contributed by atoms with van der Waals surface area (Å²) in [7, 11) is 1.15. The molecule has 0 radical (unpaired) electrons. The molecule has 2 fully saturated rings. The second-order valence-corrected chi connectivity index (χ2v) is 8.25. The highest BCUT2D eigenvalue weighted by Crippen LogP contribution is 2.43. The molecule has 1 atom stereocenters. The van der Waals surface area contributed by atoms with Crippen LogP contribution >= 0.6 is 11.9 Å². The Kier molecular flexibility index (Phi) is 8.46. The number of nitrogens with two attached hydrogens (primary N) is 1. The summed E-state index contributed by atoms with van der Waals surface area (Å²) in [5.74, 6) is -8.09. The molecular formula is C22H26F4N4O4S. The van der Waals surface area contributed by atoms with E-state index in [1.807, 2.05) is 13.8 Å². The molecule has 1 aromatic heterocycles. The van der Waals surface area contributed by atoms with Crippen molar-refractivity contribution < 1.29 is 36.6 Å². The largest absolute Gasteiger partial charge is 0.491 e. The van der Waals surface area contributed by atoms with E-state index in [0.717, 1.165) is 25.1 Å². The number of carbonyl (C=O) groups excluding carboxylic acids is 1. The van der Waals surface area contributed by atoms with Gasteiger partial charge >= 0.3 is 0 Å². The van der Waals surface area contributed by atoms with E-state index < -0.39 is 54.3 Å². The van der Waals surface area contributed by atoms with E-state index in [2.05, 4.69) is 10.3 Å². The maximum Gasteiger partial charge on any atom is 0.293 e. The SMILES string of the molecule is CC.COc1c(N2CC3(CC2C(=O)Nc2ccnc(SN)c2)OCC(F)(F)CO3)ccc(F)c1F. The van der Waals surface area contributed by atoms with Crippen molar-refractivity contribution in [2.24, 2.45) is 5.14 Å². The van der Waals surface area contributed by atoms with E-state index in [4.69, 9.17) is 19.3 Å². The van der Waals surface area contributed by atoms with E-state index >= 15 is 0 Å². The summed E-state index contributed by atoms with van der Waals surface area (Å²) >= 11 is 0.887. The number of benzene rings is 1. The summed E-state index contributed by atoms with van der Waals surface area (Å²) in [6, 6.07) is 4.17. The lowest BCUT2D eigenvalue weighted by molar-refractivity contribution is -0.319. The molecule has 4 rings (SSSR count). The van der Waals surface area contributed by atoms with Crippen molar-refractivity contribution in [3.63, 3.8) is 0 Å². The number of nitrogens with zero attached hydrogens (tertiary/aromatic N) is 2. The van der Waals surface area contributed by atoms with Gasteiger partial charge in [-0.1, -0.05) is 13.8 Å². The number of carbonyl (C=O) groups is 1. The Hall–Kier alpha value is -2.61. The van der Waals surface area contributed by atoms with Gasteiger partial charge in [-0.3, -0.25) is 9.93 Å². The van der Waals surface area contributed by atoms with Crippen LogP contribution in [0, 0.1) is 11.6 Å². The maximum absolute atomic E-state index is 14.4. The van der Waals surface area contributed by atoms with E-state index in [0.29, 0.717) is 10.7 Å². The average molecular weight is 519 g/mol. The highest BCUT2D eigenvalue weighted by Gasteiger charge is 2.54. The van der Waals surface area contributed by atoms with Crippen LogP contribution < -0.4 is 20.1 Å². The van der Waals surface area contributed by atoms with Gasteiger partial charge in [0, 0.05) is 18.3 Å². The molecule has 3 N–H and O–H groups in total. The Bertz CT molecular complexity index is 1050. The predicted molar refractivity (Wildman–Crippen MR) is 123 cm³/mol. The number of amides is 1. The number of pyridine rings is 1. The van der Waals surface area contributed by atoms with Crippen LogP contribution in [0.3, 0.4) is 0 Å². The van der Waals surface area contributed by atoms with Crippen LogP contribution in [-0.4, -0.2) is 55.5 Å². The topological polar surface area (TPSA) is 98.9 Å². The summed E-state index contributed by atoms with van der Waals surface area (Å²) in [5, 5.41) is 8.66. The minimum atomic E-state index is -3.18. The summed E-state index contributed by atoms with van der Waals surface area (Å²) in [5.41, 5.74) is 0.434. The second kappa shape index (κ2) is 11.0. The zero-order valence-electron chi connectivity index (χ0n) is 19.3. The zero-order valence-corrected chi connectivity index (χ0v) is 20.1. The lowest BCUT2D eigenvalue weighted by Gasteiger charge is -2.37. The van der Waals surface area contributed by atoms with Crippen LogP contribution in [0.5, 0.6) is 5.75 Å². The molecule has 0 saturated carbocycles. The van der Waals surface area contributed by atoms with Crippen molar-refractivity contribution in [1.82, 2.24) is 4.98 Å².